The second kappa shape index (κ2) is 14.3. The lowest BCUT2D eigenvalue weighted by atomic mass is 9.96. The highest BCUT2D eigenvalue weighted by atomic mass is 16.5. The Morgan fingerprint density at radius 1 is 0.510 bits per heavy atom. The first-order valence-electron chi connectivity index (χ1n) is 15.9. The topological polar surface area (TPSA) is 122 Å². The molecule has 0 spiro atoms. The minimum Gasteiger partial charge on any atom is -0.462 e. The number of pyridine rings is 2. The molecule has 6 rings (SSSR count). The quantitative estimate of drug-likeness (QED) is 0.0820. The zero-order chi connectivity index (χ0) is 34.5. The molecule has 0 fully saturated rings. The molecule has 9 heteroatoms. The molecule has 0 amide bonds. The number of hydrogen-bond donors (Lipinski definition) is 0. The maximum absolute atomic E-state index is 12.9. The van der Waals surface area contributed by atoms with E-state index in [2.05, 4.69) is 9.97 Å². The van der Waals surface area contributed by atoms with E-state index in [9.17, 15) is 19.2 Å². The highest BCUT2D eigenvalue weighted by Gasteiger charge is 2.19. The van der Waals surface area contributed by atoms with E-state index in [1.165, 1.54) is 12.1 Å². The minimum atomic E-state index is -0.602. The predicted octanol–water partition coefficient (Wildman–Crippen LogP) is 8.13. The van der Waals surface area contributed by atoms with Gasteiger partial charge in [0.1, 0.15) is 11.4 Å². The third-order valence-corrected chi connectivity index (χ3v) is 8.00. The maximum atomic E-state index is 12.9. The van der Waals surface area contributed by atoms with Crippen molar-refractivity contribution >= 4 is 46.0 Å². The minimum absolute atomic E-state index is 0.0488. The molecule has 4 aromatic carbocycles. The molecule has 0 saturated carbocycles. The lowest BCUT2D eigenvalue weighted by molar-refractivity contribution is 0.0511. The van der Waals surface area contributed by atoms with Crippen molar-refractivity contribution in [2.75, 3.05) is 19.8 Å². The normalized spacial score (nSPS) is 10.9. The summed E-state index contributed by atoms with van der Waals surface area (Å²) in [4.78, 5) is 58.1. The van der Waals surface area contributed by atoms with Gasteiger partial charge in [0.05, 0.1) is 42.0 Å². The Morgan fingerprint density at radius 2 is 0.898 bits per heavy atom. The Labute approximate surface area is 282 Å². The van der Waals surface area contributed by atoms with Crippen LogP contribution in [0.4, 0.5) is 0 Å². The fourth-order valence-corrected chi connectivity index (χ4v) is 5.67. The van der Waals surface area contributed by atoms with E-state index in [1.807, 2.05) is 72.8 Å². The van der Waals surface area contributed by atoms with Crippen LogP contribution in [0.2, 0.25) is 0 Å². The van der Waals surface area contributed by atoms with Crippen LogP contribution in [0.15, 0.2) is 97.1 Å². The third-order valence-electron chi connectivity index (χ3n) is 8.00. The highest BCUT2D eigenvalue weighted by molar-refractivity contribution is 6.07. The van der Waals surface area contributed by atoms with Gasteiger partial charge >= 0.3 is 17.9 Å². The standard InChI is InChI=1S/C40H32N2O7/c1-4-47-38(44)33-21-30(23-43)41-35-17-15-28(19-31(33)35)26-11-7-24(8-12-26)25-9-13-27(14-10-25)29-16-18-36-32(20-29)34(39(45)48-5-2)22-37(42-36)40(46)49-6-3/h7-23H,4-6H2,1-3H3. The zero-order valence-corrected chi connectivity index (χ0v) is 27.2. The van der Waals surface area contributed by atoms with E-state index in [4.69, 9.17) is 14.2 Å². The van der Waals surface area contributed by atoms with E-state index in [0.717, 1.165) is 33.4 Å². The molecule has 0 radical (unpaired) electrons. The number of ether oxygens (including phenoxy) is 3. The number of rotatable bonds is 10. The summed E-state index contributed by atoms with van der Waals surface area (Å²) in [6, 6.07) is 30.2. The number of aromatic nitrogens is 2. The number of fused-ring (bicyclic) bond motifs is 2. The molecule has 0 atom stereocenters. The van der Waals surface area contributed by atoms with Gasteiger partial charge in [0.25, 0.3) is 0 Å². The average Bonchev–Trinajstić information content (AvgIpc) is 3.13. The van der Waals surface area contributed by atoms with Crippen molar-refractivity contribution in [1.82, 2.24) is 9.97 Å². The van der Waals surface area contributed by atoms with Crippen LogP contribution in [-0.2, 0) is 14.2 Å². The molecule has 0 N–H and O–H groups in total. The Morgan fingerprint density at radius 3 is 1.35 bits per heavy atom. The summed E-state index contributed by atoms with van der Waals surface area (Å²) in [5.41, 5.74) is 7.46. The Kier molecular flexibility index (Phi) is 9.53. The first-order chi connectivity index (χ1) is 23.8. The van der Waals surface area contributed by atoms with Gasteiger partial charge in [-0.25, -0.2) is 24.4 Å². The van der Waals surface area contributed by atoms with Gasteiger partial charge in [-0.3, -0.25) is 4.79 Å². The lowest BCUT2D eigenvalue weighted by Crippen LogP contribution is -2.12. The maximum Gasteiger partial charge on any atom is 0.356 e. The molecule has 0 aliphatic carbocycles. The van der Waals surface area contributed by atoms with Crippen molar-refractivity contribution in [2.24, 2.45) is 0 Å². The van der Waals surface area contributed by atoms with Gasteiger partial charge in [-0.05, 0) is 90.6 Å². The van der Waals surface area contributed by atoms with Gasteiger partial charge in [0, 0.05) is 10.8 Å². The van der Waals surface area contributed by atoms with Gasteiger partial charge in [0.2, 0.25) is 0 Å². The summed E-state index contributed by atoms with van der Waals surface area (Å²) in [6.07, 6.45) is 0.618. The molecule has 9 nitrogen and oxygen atoms in total. The molecular weight excluding hydrogens is 620 g/mol. The number of nitrogens with zero attached hydrogens (tertiary/aromatic N) is 2. The average molecular weight is 653 g/mol. The van der Waals surface area contributed by atoms with Crippen LogP contribution in [-0.4, -0.2) is 54.0 Å². The predicted molar refractivity (Wildman–Crippen MR) is 187 cm³/mol. The van der Waals surface area contributed by atoms with Crippen molar-refractivity contribution in [3.05, 3.63) is 120 Å². The van der Waals surface area contributed by atoms with Crippen LogP contribution in [0.25, 0.3) is 55.2 Å². The molecule has 0 aliphatic heterocycles. The van der Waals surface area contributed by atoms with Gasteiger partial charge in [-0.2, -0.15) is 0 Å². The molecule has 0 bridgehead atoms. The molecular formula is C40H32N2O7. The summed E-state index contributed by atoms with van der Waals surface area (Å²) < 4.78 is 15.6. The zero-order valence-electron chi connectivity index (χ0n) is 27.2. The van der Waals surface area contributed by atoms with Crippen molar-refractivity contribution in [3.63, 3.8) is 0 Å². The van der Waals surface area contributed by atoms with Crippen molar-refractivity contribution in [3.8, 4) is 33.4 Å². The van der Waals surface area contributed by atoms with Crippen LogP contribution in [0.3, 0.4) is 0 Å². The Bertz CT molecular complexity index is 2230. The Balaban J connectivity index is 1.28. The highest BCUT2D eigenvalue weighted by Crippen LogP contribution is 2.32. The van der Waals surface area contributed by atoms with Crippen LogP contribution >= 0.6 is 0 Å². The van der Waals surface area contributed by atoms with E-state index in [1.54, 1.807) is 32.9 Å². The summed E-state index contributed by atoms with van der Waals surface area (Å²) in [6.45, 7) is 5.77. The van der Waals surface area contributed by atoms with Crippen LogP contribution in [0, 0.1) is 0 Å². The lowest BCUT2D eigenvalue weighted by Gasteiger charge is -2.11. The first-order valence-corrected chi connectivity index (χ1v) is 15.9. The summed E-state index contributed by atoms with van der Waals surface area (Å²) in [7, 11) is 0. The van der Waals surface area contributed by atoms with Crippen molar-refractivity contribution in [2.45, 2.75) is 20.8 Å². The molecule has 2 heterocycles. The molecule has 244 valence electrons. The Hall–Kier alpha value is -6.22. The van der Waals surface area contributed by atoms with Gasteiger partial charge < -0.3 is 14.2 Å². The number of benzene rings is 4. The third kappa shape index (κ3) is 6.78. The van der Waals surface area contributed by atoms with Gasteiger partial charge in [-0.1, -0.05) is 60.7 Å². The monoisotopic (exact) mass is 652 g/mol. The van der Waals surface area contributed by atoms with Crippen molar-refractivity contribution in [1.29, 1.82) is 0 Å². The number of hydrogen-bond acceptors (Lipinski definition) is 9. The van der Waals surface area contributed by atoms with Crippen LogP contribution in [0.5, 0.6) is 0 Å². The molecule has 0 unspecified atom stereocenters. The SMILES string of the molecule is CCOC(=O)c1cc(C(=O)OCC)c2cc(-c3ccc(-c4ccc(-c5ccc6nc(C=O)cc(C(=O)OCC)c6c5)cc4)cc3)ccc2n1. The molecule has 0 saturated heterocycles. The number of aldehydes is 1. The van der Waals surface area contributed by atoms with Gasteiger partial charge in [-0.15, -0.1) is 0 Å². The van der Waals surface area contributed by atoms with E-state index < -0.39 is 17.9 Å². The molecule has 0 aliphatic rings. The van der Waals surface area contributed by atoms with E-state index >= 15 is 0 Å². The number of esters is 3. The smallest absolute Gasteiger partial charge is 0.356 e. The second-order valence-corrected chi connectivity index (χ2v) is 11.0. The fraction of sp³-hybridized carbons (Fsp3) is 0.150. The van der Waals surface area contributed by atoms with E-state index in [0.29, 0.717) is 33.7 Å². The second-order valence-electron chi connectivity index (χ2n) is 11.0. The summed E-state index contributed by atoms with van der Waals surface area (Å²) in [5, 5.41) is 1.19. The molecule has 6 aromatic rings. The van der Waals surface area contributed by atoms with Crippen molar-refractivity contribution < 1.29 is 33.4 Å². The largest absolute Gasteiger partial charge is 0.462 e. The van der Waals surface area contributed by atoms with Gasteiger partial charge in [0.15, 0.2) is 6.29 Å². The van der Waals surface area contributed by atoms with E-state index in [-0.39, 0.29) is 36.8 Å². The number of carbonyl (C=O) groups is 4. The van der Waals surface area contributed by atoms with Crippen LogP contribution in [0.1, 0.15) is 62.5 Å². The molecule has 2 aromatic heterocycles. The molecule has 49 heavy (non-hydrogen) atoms. The first kappa shape index (κ1) is 32.7. The fourth-order valence-electron chi connectivity index (χ4n) is 5.67. The van der Waals surface area contributed by atoms with Crippen LogP contribution < -0.4 is 0 Å². The summed E-state index contributed by atoms with van der Waals surface area (Å²) >= 11 is 0. The number of carbonyl (C=O) groups excluding carboxylic acids is 4. The summed E-state index contributed by atoms with van der Waals surface area (Å²) in [5.74, 6) is -1.64.